The summed E-state index contributed by atoms with van der Waals surface area (Å²) in [6, 6.07) is 0.230. The highest BCUT2D eigenvalue weighted by atomic mass is 16.1. The topological polar surface area (TPSA) is 63.4 Å². The van der Waals surface area contributed by atoms with E-state index in [0.717, 1.165) is 19.4 Å². The lowest BCUT2D eigenvalue weighted by atomic mass is 9.93. The van der Waals surface area contributed by atoms with Crippen LogP contribution in [-0.2, 0) is 9.59 Å². The van der Waals surface area contributed by atoms with Crippen molar-refractivity contribution in [2.45, 2.75) is 38.6 Å². The SMILES string of the molecule is CCN(CC(N)=O)C1CCCC(=O)C1. The Morgan fingerprint density at radius 3 is 2.86 bits per heavy atom. The van der Waals surface area contributed by atoms with E-state index in [4.69, 9.17) is 5.73 Å². The molecule has 0 aromatic heterocycles. The quantitative estimate of drug-likeness (QED) is 0.707. The number of ketones is 1. The molecule has 1 rings (SSSR count). The number of likely N-dealkylation sites (N-methyl/N-ethyl adjacent to an activating group) is 1. The van der Waals surface area contributed by atoms with Gasteiger partial charge in [0.1, 0.15) is 5.78 Å². The Morgan fingerprint density at radius 2 is 2.36 bits per heavy atom. The predicted octanol–water partition coefficient (Wildman–Crippen LogP) is 0.305. The van der Waals surface area contributed by atoms with E-state index in [9.17, 15) is 9.59 Å². The van der Waals surface area contributed by atoms with Crippen LogP contribution in [0.15, 0.2) is 0 Å². The van der Waals surface area contributed by atoms with Gasteiger partial charge in [0.2, 0.25) is 5.91 Å². The van der Waals surface area contributed by atoms with Crippen LogP contribution < -0.4 is 5.73 Å². The van der Waals surface area contributed by atoms with Gasteiger partial charge in [0.15, 0.2) is 0 Å². The van der Waals surface area contributed by atoms with Crippen molar-refractivity contribution in [1.82, 2.24) is 4.90 Å². The van der Waals surface area contributed by atoms with Crippen LogP contribution >= 0.6 is 0 Å². The molecule has 1 amide bonds. The number of nitrogens with zero attached hydrogens (tertiary/aromatic N) is 1. The summed E-state index contributed by atoms with van der Waals surface area (Å²) in [7, 11) is 0. The minimum atomic E-state index is -0.315. The molecule has 0 aliphatic heterocycles. The Hall–Kier alpha value is -0.900. The molecule has 0 bridgehead atoms. The maximum absolute atomic E-state index is 11.2. The van der Waals surface area contributed by atoms with Crippen molar-refractivity contribution in [3.63, 3.8) is 0 Å². The number of rotatable bonds is 4. The molecule has 2 N–H and O–H groups in total. The summed E-state index contributed by atoms with van der Waals surface area (Å²) in [5, 5.41) is 0. The molecule has 1 aliphatic carbocycles. The highest BCUT2D eigenvalue weighted by Gasteiger charge is 2.24. The Labute approximate surface area is 84.4 Å². The van der Waals surface area contributed by atoms with Crippen molar-refractivity contribution in [3.05, 3.63) is 0 Å². The van der Waals surface area contributed by atoms with Crippen LogP contribution in [0.2, 0.25) is 0 Å². The van der Waals surface area contributed by atoms with E-state index in [-0.39, 0.29) is 18.5 Å². The molecule has 0 aromatic rings. The molecule has 0 aromatic carbocycles. The van der Waals surface area contributed by atoms with Gasteiger partial charge in [-0.1, -0.05) is 6.92 Å². The van der Waals surface area contributed by atoms with E-state index in [1.165, 1.54) is 0 Å². The largest absolute Gasteiger partial charge is 0.369 e. The van der Waals surface area contributed by atoms with Crippen molar-refractivity contribution in [2.75, 3.05) is 13.1 Å². The summed E-state index contributed by atoms with van der Waals surface area (Å²) in [4.78, 5) is 24.0. The third kappa shape index (κ3) is 3.10. The molecule has 1 unspecified atom stereocenters. The molecule has 1 atom stereocenters. The Balaban J connectivity index is 2.50. The number of Topliss-reactive ketones (excluding diaryl/α,β-unsaturated/α-hetero) is 1. The molecular formula is C10H18N2O2. The molecule has 0 saturated heterocycles. The molecule has 1 saturated carbocycles. The van der Waals surface area contributed by atoms with Crippen LogP contribution in [0.25, 0.3) is 0 Å². The van der Waals surface area contributed by atoms with Crippen molar-refractivity contribution >= 4 is 11.7 Å². The lowest BCUT2D eigenvalue weighted by Gasteiger charge is -2.31. The number of amides is 1. The average Bonchev–Trinajstić information content (AvgIpc) is 2.14. The number of carbonyl (C=O) groups excluding carboxylic acids is 2. The minimum Gasteiger partial charge on any atom is -0.369 e. The third-order valence-corrected chi connectivity index (χ3v) is 2.74. The average molecular weight is 198 g/mol. The molecule has 0 radical (unpaired) electrons. The Morgan fingerprint density at radius 1 is 1.64 bits per heavy atom. The highest BCUT2D eigenvalue weighted by molar-refractivity contribution is 5.80. The van der Waals surface area contributed by atoms with E-state index < -0.39 is 0 Å². The van der Waals surface area contributed by atoms with Gasteiger partial charge in [0.05, 0.1) is 6.54 Å². The first-order chi connectivity index (χ1) is 6.63. The summed E-state index contributed by atoms with van der Waals surface area (Å²) >= 11 is 0. The van der Waals surface area contributed by atoms with E-state index in [1.54, 1.807) is 0 Å². The normalized spacial score (nSPS) is 22.7. The van der Waals surface area contributed by atoms with Crippen LogP contribution in [0.5, 0.6) is 0 Å². The third-order valence-electron chi connectivity index (χ3n) is 2.74. The molecule has 14 heavy (non-hydrogen) atoms. The Bertz CT molecular complexity index is 226. The molecule has 4 nitrogen and oxygen atoms in total. The maximum Gasteiger partial charge on any atom is 0.231 e. The second-order valence-corrected chi connectivity index (χ2v) is 3.82. The van der Waals surface area contributed by atoms with Crippen LogP contribution in [0.3, 0.4) is 0 Å². The van der Waals surface area contributed by atoms with Crippen molar-refractivity contribution in [2.24, 2.45) is 5.73 Å². The van der Waals surface area contributed by atoms with Gasteiger partial charge in [-0.2, -0.15) is 0 Å². The maximum atomic E-state index is 11.2. The number of nitrogens with two attached hydrogens (primary N) is 1. The van der Waals surface area contributed by atoms with Gasteiger partial charge < -0.3 is 5.73 Å². The predicted molar refractivity (Wildman–Crippen MR) is 53.7 cm³/mol. The van der Waals surface area contributed by atoms with Crippen LogP contribution in [0.1, 0.15) is 32.6 Å². The molecule has 80 valence electrons. The number of carbonyl (C=O) groups is 2. The highest BCUT2D eigenvalue weighted by Crippen LogP contribution is 2.19. The first-order valence-electron chi connectivity index (χ1n) is 5.17. The van der Waals surface area contributed by atoms with Gasteiger partial charge in [0, 0.05) is 18.9 Å². The van der Waals surface area contributed by atoms with Gasteiger partial charge >= 0.3 is 0 Å². The summed E-state index contributed by atoms with van der Waals surface area (Å²) < 4.78 is 0. The fourth-order valence-corrected chi connectivity index (χ4v) is 2.01. The van der Waals surface area contributed by atoms with Gasteiger partial charge in [-0.3, -0.25) is 14.5 Å². The summed E-state index contributed by atoms with van der Waals surface area (Å²) in [6.07, 6.45) is 3.23. The summed E-state index contributed by atoms with van der Waals surface area (Å²) in [5.74, 6) is -0.00552. The number of primary amides is 1. The van der Waals surface area contributed by atoms with Crippen LogP contribution in [0.4, 0.5) is 0 Å². The molecule has 1 fully saturated rings. The van der Waals surface area contributed by atoms with Gasteiger partial charge in [0.25, 0.3) is 0 Å². The van der Waals surface area contributed by atoms with E-state index in [1.807, 2.05) is 11.8 Å². The van der Waals surface area contributed by atoms with Crippen molar-refractivity contribution in [3.8, 4) is 0 Å². The second kappa shape index (κ2) is 5.10. The fraction of sp³-hybridized carbons (Fsp3) is 0.800. The second-order valence-electron chi connectivity index (χ2n) is 3.82. The van der Waals surface area contributed by atoms with Crippen molar-refractivity contribution < 1.29 is 9.59 Å². The van der Waals surface area contributed by atoms with Crippen molar-refractivity contribution in [1.29, 1.82) is 0 Å². The molecular weight excluding hydrogens is 180 g/mol. The zero-order valence-electron chi connectivity index (χ0n) is 8.66. The van der Waals surface area contributed by atoms with E-state index >= 15 is 0 Å². The van der Waals surface area contributed by atoms with Gasteiger partial charge in [-0.05, 0) is 19.4 Å². The first-order valence-corrected chi connectivity index (χ1v) is 5.17. The monoisotopic (exact) mass is 198 g/mol. The number of hydrogen-bond acceptors (Lipinski definition) is 3. The zero-order chi connectivity index (χ0) is 10.6. The fourth-order valence-electron chi connectivity index (χ4n) is 2.01. The van der Waals surface area contributed by atoms with Gasteiger partial charge in [-0.25, -0.2) is 0 Å². The van der Waals surface area contributed by atoms with Crippen LogP contribution in [-0.4, -0.2) is 35.7 Å². The molecule has 0 spiro atoms. The van der Waals surface area contributed by atoms with Gasteiger partial charge in [-0.15, -0.1) is 0 Å². The standard InChI is InChI=1S/C10H18N2O2/c1-2-12(7-10(11)14)8-4-3-5-9(13)6-8/h8H,2-7H2,1H3,(H2,11,14). The minimum absolute atomic E-state index is 0.230. The molecule has 4 heteroatoms. The lowest BCUT2D eigenvalue weighted by molar-refractivity contribution is -0.124. The molecule has 0 heterocycles. The van der Waals surface area contributed by atoms with E-state index in [0.29, 0.717) is 18.6 Å². The number of hydrogen-bond donors (Lipinski definition) is 1. The zero-order valence-corrected chi connectivity index (χ0v) is 8.66. The lowest BCUT2D eigenvalue weighted by Crippen LogP contribution is -2.43. The van der Waals surface area contributed by atoms with Crippen LogP contribution in [0, 0.1) is 0 Å². The smallest absolute Gasteiger partial charge is 0.231 e. The van der Waals surface area contributed by atoms with E-state index in [2.05, 4.69) is 0 Å². The first kappa shape index (κ1) is 11.2. The summed E-state index contributed by atoms with van der Waals surface area (Å²) in [5.41, 5.74) is 5.14. The summed E-state index contributed by atoms with van der Waals surface area (Å²) in [6.45, 7) is 3.04. The Kier molecular flexibility index (Phi) is 4.07. The molecule has 1 aliphatic rings.